The Bertz CT molecular complexity index is 887. The molecule has 0 fully saturated rings. The minimum atomic E-state index is -0.695. The average molecular weight is 312 g/mol. The fourth-order valence-corrected chi connectivity index (χ4v) is 2.22. The molecule has 3 rings (SSSR count). The van der Waals surface area contributed by atoms with Gasteiger partial charge in [0.25, 0.3) is 11.8 Å². The van der Waals surface area contributed by atoms with Gasteiger partial charge in [-0.3, -0.25) is 9.59 Å². The van der Waals surface area contributed by atoms with Crippen LogP contribution in [0.1, 0.15) is 26.5 Å². The molecule has 6 nitrogen and oxygen atoms in total. The third kappa shape index (κ3) is 3.03. The Labute approximate surface area is 130 Å². The van der Waals surface area contributed by atoms with Gasteiger partial charge in [0, 0.05) is 6.54 Å². The molecule has 0 aliphatic carbocycles. The number of aromatic nitrogens is 2. The number of amides is 2. The van der Waals surface area contributed by atoms with Crippen LogP contribution in [-0.2, 0) is 6.54 Å². The highest BCUT2D eigenvalue weighted by Gasteiger charge is 2.15. The fourth-order valence-electron chi connectivity index (χ4n) is 2.22. The zero-order chi connectivity index (χ0) is 16.4. The molecule has 2 amide bonds. The summed E-state index contributed by atoms with van der Waals surface area (Å²) in [5.41, 5.74) is 7.23. The van der Waals surface area contributed by atoms with Crippen molar-refractivity contribution in [3.05, 3.63) is 65.2 Å². The number of nitrogens with zero attached hydrogens (tertiary/aromatic N) is 1. The molecule has 0 spiro atoms. The van der Waals surface area contributed by atoms with Gasteiger partial charge in [0.05, 0.1) is 16.6 Å². The van der Waals surface area contributed by atoms with Gasteiger partial charge in [-0.25, -0.2) is 9.37 Å². The summed E-state index contributed by atoms with van der Waals surface area (Å²) in [6, 6.07) is 10.8. The molecule has 0 saturated carbocycles. The van der Waals surface area contributed by atoms with E-state index in [9.17, 15) is 14.0 Å². The van der Waals surface area contributed by atoms with Crippen LogP contribution in [0.5, 0.6) is 0 Å². The van der Waals surface area contributed by atoms with Crippen LogP contribution in [0.25, 0.3) is 11.0 Å². The van der Waals surface area contributed by atoms with Crippen molar-refractivity contribution in [3.63, 3.8) is 0 Å². The van der Waals surface area contributed by atoms with E-state index in [2.05, 4.69) is 15.3 Å². The van der Waals surface area contributed by atoms with Crippen molar-refractivity contribution in [1.82, 2.24) is 15.3 Å². The Hall–Kier alpha value is -3.22. The maximum Gasteiger partial charge on any atom is 0.284 e. The van der Waals surface area contributed by atoms with Crippen molar-refractivity contribution in [2.45, 2.75) is 6.54 Å². The molecule has 116 valence electrons. The quantitative estimate of drug-likeness (QED) is 0.684. The first-order chi connectivity index (χ1) is 11.0. The van der Waals surface area contributed by atoms with E-state index in [4.69, 9.17) is 5.73 Å². The highest BCUT2D eigenvalue weighted by atomic mass is 19.1. The summed E-state index contributed by atoms with van der Waals surface area (Å²) in [5.74, 6) is -1.36. The van der Waals surface area contributed by atoms with E-state index in [0.717, 1.165) is 5.56 Å². The minimum Gasteiger partial charge on any atom is -0.363 e. The van der Waals surface area contributed by atoms with Gasteiger partial charge in [-0.05, 0) is 29.8 Å². The number of rotatable bonds is 4. The lowest BCUT2D eigenvalue weighted by Crippen LogP contribution is -2.23. The van der Waals surface area contributed by atoms with E-state index in [1.807, 2.05) is 0 Å². The normalized spacial score (nSPS) is 10.7. The molecule has 0 aliphatic rings. The molecule has 7 heteroatoms. The number of carbonyl (C=O) groups excluding carboxylic acids is 2. The van der Waals surface area contributed by atoms with Crippen LogP contribution in [0.3, 0.4) is 0 Å². The van der Waals surface area contributed by atoms with E-state index in [1.54, 1.807) is 30.3 Å². The van der Waals surface area contributed by atoms with E-state index < -0.39 is 5.91 Å². The lowest BCUT2D eigenvalue weighted by Gasteiger charge is -2.06. The molecule has 1 aromatic heterocycles. The number of primary amides is 1. The second kappa shape index (κ2) is 5.88. The van der Waals surface area contributed by atoms with E-state index in [0.29, 0.717) is 16.6 Å². The van der Waals surface area contributed by atoms with E-state index in [-0.39, 0.29) is 24.1 Å². The third-order valence-electron chi connectivity index (χ3n) is 3.36. The Morgan fingerprint density at radius 2 is 1.91 bits per heavy atom. The number of hydrogen-bond donors (Lipinski definition) is 3. The van der Waals surface area contributed by atoms with Crippen molar-refractivity contribution in [2.75, 3.05) is 0 Å². The predicted molar refractivity (Wildman–Crippen MR) is 82.2 cm³/mol. The Kier molecular flexibility index (Phi) is 3.76. The van der Waals surface area contributed by atoms with Crippen LogP contribution >= 0.6 is 0 Å². The number of imidazole rings is 1. The number of nitrogens with one attached hydrogen (secondary N) is 2. The molecule has 0 bridgehead atoms. The molecule has 0 aliphatic heterocycles. The number of hydrogen-bond acceptors (Lipinski definition) is 3. The van der Waals surface area contributed by atoms with Crippen molar-refractivity contribution < 1.29 is 14.0 Å². The second-order valence-corrected chi connectivity index (χ2v) is 4.96. The first-order valence-corrected chi connectivity index (χ1v) is 6.86. The zero-order valence-electron chi connectivity index (χ0n) is 12.0. The average Bonchev–Trinajstić information content (AvgIpc) is 2.98. The van der Waals surface area contributed by atoms with Crippen LogP contribution < -0.4 is 11.1 Å². The number of benzene rings is 2. The summed E-state index contributed by atoms with van der Waals surface area (Å²) < 4.78 is 12.9. The molecule has 0 unspecified atom stereocenters. The van der Waals surface area contributed by atoms with Gasteiger partial charge in [0.1, 0.15) is 5.82 Å². The largest absolute Gasteiger partial charge is 0.363 e. The van der Waals surface area contributed by atoms with Gasteiger partial charge in [0.2, 0.25) is 0 Å². The molecule has 0 saturated heterocycles. The molecule has 2 aromatic carbocycles. The number of aromatic amines is 1. The van der Waals surface area contributed by atoms with Crippen LogP contribution in [0.15, 0.2) is 42.5 Å². The molecule has 4 N–H and O–H groups in total. The number of para-hydroxylation sites is 1. The third-order valence-corrected chi connectivity index (χ3v) is 3.36. The van der Waals surface area contributed by atoms with Gasteiger partial charge < -0.3 is 16.0 Å². The lowest BCUT2D eigenvalue weighted by molar-refractivity contribution is 0.0950. The van der Waals surface area contributed by atoms with Gasteiger partial charge in [-0.1, -0.05) is 18.2 Å². The number of H-pyrrole nitrogens is 1. The first kappa shape index (κ1) is 14.7. The highest BCUT2D eigenvalue weighted by Crippen LogP contribution is 2.16. The SMILES string of the molecule is NC(=O)c1nc2cccc(C(=O)NCc3ccc(F)cc3)c2[nH]1. The predicted octanol–water partition coefficient (Wildman–Crippen LogP) is 1.73. The number of fused-ring (bicyclic) bond motifs is 1. The molecule has 0 atom stereocenters. The summed E-state index contributed by atoms with van der Waals surface area (Å²) in [7, 11) is 0. The topological polar surface area (TPSA) is 101 Å². The Morgan fingerprint density at radius 1 is 1.17 bits per heavy atom. The Balaban J connectivity index is 1.83. The number of halogens is 1. The van der Waals surface area contributed by atoms with Crippen LogP contribution in [0.4, 0.5) is 4.39 Å². The minimum absolute atomic E-state index is 0.00113. The van der Waals surface area contributed by atoms with Crippen molar-refractivity contribution in [2.24, 2.45) is 5.73 Å². The van der Waals surface area contributed by atoms with Crippen molar-refractivity contribution in [1.29, 1.82) is 0 Å². The summed E-state index contributed by atoms with van der Waals surface area (Å²) >= 11 is 0. The van der Waals surface area contributed by atoms with E-state index >= 15 is 0 Å². The lowest BCUT2D eigenvalue weighted by atomic mass is 10.1. The molecule has 23 heavy (non-hydrogen) atoms. The smallest absolute Gasteiger partial charge is 0.284 e. The van der Waals surface area contributed by atoms with Crippen LogP contribution in [-0.4, -0.2) is 21.8 Å². The van der Waals surface area contributed by atoms with Crippen molar-refractivity contribution in [3.8, 4) is 0 Å². The van der Waals surface area contributed by atoms with E-state index in [1.165, 1.54) is 12.1 Å². The zero-order valence-corrected chi connectivity index (χ0v) is 12.0. The maximum absolute atomic E-state index is 12.9. The Morgan fingerprint density at radius 3 is 2.61 bits per heavy atom. The fraction of sp³-hybridized carbons (Fsp3) is 0.0625. The van der Waals surface area contributed by atoms with Crippen LogP contribution in [0.2, 0.25) is 0 Å². The van der Waals surface area contributed by atoms with Gasteiger partial charge in [-0.2, -0.15) is 0 Å². The number of nitrogens with two attached hydrogens (primary N) is 1. The molecular weight excluding hydrogens is 299 g/mol. The van der Waals surface area contributed by atoms with Gasteiger partial charge in [0.15, 0.2) is 5.82 Å². The van der Waals surface area contributed by atoms with Crippen molar-refractivity contribution >= 4 is 22.8 Å². The molecule has 0 radical (unpaired) electrons. The summed E-state index contributed by atoms with van der Waals surface area (Å²) in [6.45, 7) is 0.256. The maximum atomic E-state index is 12.9. The highest BCUT2D eigenvalue weighted by molar-refractivity contribution is 6.06. The summed E-state index contributed by atoms with van der Waals surface area (Å²) in [4.78, 5) is 30.3. The first-order valence-electron chi connectivity index (χ1n) is 6.86. The summed E-state index contributed by atoms with van der Waals surface area (Å²) in [5, 5.41) is 2.74. The monoisotopic (exact) mass is 312 g/mol. The van der Waals surface area contributed by atoms with Gasteiger partial charge >= 0.3 is 0 Å². The molecule has 3 aromatic rings. The standard InChI is InChI=1S/C16H13FN4O2/c17-10-6-4-9(5-7-10)8-19-16(23)11-2-1-3-12-13(11)21-15(20-12)14(18)22/h1-7H,8H2,(H2,18,22)(H,19,23)(H,20,21). The number of carbonyl (C=O) groups is 2. The molecular formula is C16H13FN4O2. The summed E-state index contributed by atoms with van der Waals surface area (Å²) in [6.07, 6.45) is 0. The molecule has 1 heterocycles. The second-order valence-electron chi connectivity index (χ2n) is 4.96. The van der Waals surface area contributed by atoms with Gasteiger partial charge in [-0.15, -0.1) is 0 Å². The van der Waals surface area contributed by atoms with Crippen LogP contribution in [0, 0.1) is 5.82 Å².